The number of benzene rings is 1. The number of oxazole rings is 1. The van der Waals surface area contributed by atoms with E-state index in [9.17, 15) is 13.2 Å². The lowest BCUT2D eigenvalue weighted by Gasteiger charge is -2.09. The van der Waals surface area contributed by atoms with E-state index in [0.29, 0.717) is 17.7 Å². The number of amides is 1. The normalized spacial score (nSPS) is 21.1. The van der Waals surface area contributed by atoms with Crippen molar-refractivity contribution in [1.29, 1.82) is 0 Å². The molecule has 1 amide bonds. The van der Waals surface area contributed by atoms with E-state index in [2.05, 4.69) is 10.3 Å². The van der Waals surface area contributed by atoms with E-state index in [1.165, 1.54) is 0 Å². The smallest absolute Gasteiger partial charge is 0.266 e. The van der Waals surface area contributed by atoms with Crippen molar-refractivity contribution < 1.29 is 17.6 Å². The van der Waals surface area contributed by atoms with E-state index >= 15 is 0 Å². The number of hydrogen-bond acceptors (Lipinski definition) is 5. The van der Waals surface area contributed by atoms with Crippen LogP contribution in [-0.2, 0) is 14.6 Å². The summed E-state index contributed by atoms with van der Waals surface area (Å²) in [4.78, 5) is 15.1. The van der Waals surface area contributed by atoms with Crippen molar-refractivity contribution in [3.05, 3.63) is 23.0 Å². The Bertz CT molecular complexity index is 835. The molecule has 2 heterocycles. The van der Waals surface area contributed by atoms with Crippen LogP contribution in [0.25, 0.3) is 11.1 Å². The summed E-state index contributed by atoms with van der Waals surface area (Å²) < 4.78 is 28.0. The number of carbonyl (C=O) groups is 1. The molecule has 1 unspecified atom stereocenters. The number of H-pyrrole nitrogens is 1. The molecule has 1 saturated heterocycles. The van der Waals surface area contributed by atoms with Crippen molar-refractivity contribution in [3.8, 4) is 0 Å². The Morgan fingerprint density at radius 2 is 2.25 bits per heavy atom. The van der Waals surface area contributed by atoms with Gasteiger partial charge in [0.2, 0.25) is 5.91 Å². The average Bonchev–Trinajstić information content (AvgIpc) is 2.90. The number of hydrogen-bond donors (Lipinski definition) is 2. The van der Waals surface area contributed by atoms with Crippen LogP contribution in [0.3, 0.4) is 0 Å². The highest BCUT2D eigenvalue weighted by molar-refractivity contribution is 7.91. The predicted octanol–water partition coefficient (Wildman–Crippen LogP) is 1.86. The van der Waals surface area contributed by atoms with E-state index in [1.54, 1.807) is 18.2 Å². The van der Waals surface area contributed by atoms with Crippen molar-refractivity contribution >= 4 is 44.7 Å². The minimum atomic E-state index is -3.06. The van der Waals surface area contributed by atoms with E-state index in [4.69, 9.17) is 16.6 Å². The second kappa shape index (κ2) is 4.71. The molecular weight excluding hydrogens is 300 g/mol. The van der Waals surface area contributed by atoms with Gasteiger partial charge in [-0.25, -0.2) is 8.42 Å². The molecule has 0 spiro atoms. The van der Waals surface area contributed by atoms with Gasteiger partial charge in [-0.2, -0.15) is 0 Å². The Balaban J connectivity index is 1.79. The number of sulfone groups is 1. The van der Waals surface area contributed by atoms with Crippen molar-refractivity contribution in [2.75, 3.05) is 16.8 Å². The molecule has 0 bridgehead atoms. The zero-order chi connectivity index (χ0) is 14.3. The van der Waals surface area contributed by atoms with Gasteiger partial charge in [0.1, 0.15) is 0 Å². The lowest BCUT2D eigenvalue weighted by atomic mass is 10.1. The number of aromatic nitrogens is 1. The zero-order valence-corrected chi connectivity index (χ0v) is 12.0. The highest BCUT2D eigenvalue weighted by atomic mass is 32.2. The summed E-state index contributed by atoms with van der Waals surface area (Å²) in [7, 11) is -3.06. The van der Waals surface area contributed by atoms with Gasteiger partial charge in [-0.05, 0) is 30.8 Å². The van der Waals surface area contributed by atoms with Crippen LogP contribution < -0.4 is 5.32 Å². The monoisotopic (exact) mass is 312 g/mol. The first-order valence-electron chi connectivity index (χ1n) is 6.07. The maximum Gasteiger partial charge on any atom is 0.266 e. The van der Waals surface area contributed by atoms with Crippen molar-refractivity contribution in [3.63, 3.8) is 0 Å². The fourth-order valence-corrected chi connectivity index (χ4v) is 4.21. The minimum absolute atomic E-state index is 0.0775. The SMILES string of the molecule is O=C(Nc1ccc2[nH]c(=S)oc2c1)C1CCS(=O)(=O)C1. The van der Waals surface area contributed by atoms with Crippen LogP contribution in [0.1, 0.15) is 6.42 Å². The quantitative estimate of drug-likeness (QED) is 0.826. The molecule has 0 saturated carbocycles. The fraction of sp³-hybridized carbons (Fsp3) is 0.333. The molecule has 1 aliphatic rings. The number of rotatable bonds is 2. The topological polar surface area (TPSA) is 92.2 Å². The third-order valence-corrected chi connectivity index (χ3v) is 5.25. The van der Waals surface area contributed by atoms with Crippen LogP contribution in [0.15, 0.2) is 22.6 Å². The molecule has 1 aliphatic heterocycles. The summed E-state index contributed by atoms with van der Waals surface area (Å²) in [6, 6.07) is 5.11. The molecule has 0 radical (unpaired) electrons. The van der Waals surface area contributed by atoms with Gasteiger partial charge in [-0.1, -0.05) is 0 Å². The molecule has 1 aromatic heterocycles. The lowest BCUT2D eigenvalue weighted by Crippen LogP contribution is -2.23. The fourth-order valence-electron chi connectivity index (χ4n) is 2.27. The predicted molar refractivity (Wildman–Crippen MR) is 76.8 cm³/mol. The molecule has 2 aromatic rings. The Morgan fingerprint density at radius 3 is 2.95 bits per heavy atom. The molecule has 20 heavy (non-hydrogen) atoms. The van der Waals surface area contributed by atoms with Crippen molar-refractivity contribution in [2.24, 2.45) is 5.92 Å². The maximum atomic E-state index is 12.0. The average molecular weight is 312 g/mol. The van der Waals surface area contributed by atoms with Crippen molar-refractivity contribution in [1.82, 2.24) is 4.98 Å². The molecule has 0 aliphatic carbocycles. The van der Waals surface area contributed by atoms with Gasteiger partial charge in [-0.15, -0.1) is 0 Å². The number of anilines is 1. The van der Waals surface area contributed by atoms with Gasteiger partial charge in [0.25, 0.3) is 4.84 Å². The standard InChI is InChI=1S/C12H12N2O4S2/c15-11(7-3-4-20(16,17)6-7)13-8-1-2-9-10(5-8)18-12(19)14-9/h1-2,5,7H,3-4,6H2,(H,13,15)(H,14,19). The van der Waals surface area contributed by atoms with Crippen LogP contribution >= 0.6 is 12.2 Å². The number of carbonyl (C=O) groups excluding carboxylic acids is 1. The van der Waals surface area contributed by atoms with Crippen LogP contribution in [0.4, 0.5) is 5.69 Å². The Hall–Kier alpha value is -1.67. The molecule has 6 nitrogen and oxygen atoms in total. The van der Waals surface area contributed by atoms with Crippen LogP contribution in [0.5, 0.6) is 0 Å². The van der Waals surface area contributed by atoms with E-state index in [-0.39, 0.29) is 22.3 Å². The second-order valence-corrected chi connectivity index (χ2v) is 7.41. The van der Waals surface area contributed by atoms with Crippen LogP contribution in [0, 0.1) is 10.8 Å². The molecule has 8 heteroatoms. The molecule has 1 aromatic carbocycles. The van der Waals surface area contributed by atoms with Gasteiger partial charge in [-0.3, -0.25) is 4.79 Å². The summed E-state index contributed by atoms with van der Waals surface area (Å²) >= 11 is 4.88. The van der Waals surface area contributed by atoms with E-state index in [1.807, 2.05) is 0 Å². The first kappa shape index (κ1) is 13.3. The molecular formula is C12H12N2O4S2. The third kappa shape index (κ3) is 2.61. The summed E-state index contributed by atoms with van der Waals surface area (Å²) in [6.45, 7) is 0. The van der Waals surface area contributed by atoms with E-state index < -0.39 is 15.8 Å². The summed E-state index contributed by atoms with van der Waals surface area (Å²) in [6.07, 6.45) is 0.376. The zero-order valence-electron chi connectivity index (χ0n) is 10.4. The van der Waals surface area contributed by atoms with Gasteiger partial charge in [0.15, 0.2) is 15.4 Å². The second-order valence-electron chi connectivity index (χ2n) is 4.81. The number of nitrogens with one attached hydrogen (secondary N) is 2. The molecule has 1 fully saturated rings. The summed E-state index contributed by atoms with van der Waals surface area (Å²) in [5.74, 6) is -0.754. The molecule has 106 valence electrons. The third-order valence-electron chi connectivity index (χ3n) is 3.29. The Morgan fingerprint density at radius 1 is 1.45 bits per heavy atom. The Labute approximate surface area is 120 Å². The van der Waals surface area contributed by atoms with Gasteiger partial charge in [0.05, 0.1) is 22.9 Å². The van der Waals surface area contributed by atoms with Crippen molar-refractivity contribution in [2.45, 2.75) is 6.42 Å². The van der Waals surface area contributed by atoms with Crippen LogP contribution in [-0.4, -0.2) is 30.8 Å². The number of fused-ring (bicyclic) bond motifs is 1. The van der Waals surface area contributed by atoms with E-state index in [0.717, 1.165) is 5.52 Å². The first-order chi connectivity index (χ1) is 9.43. The number of aromatic amines is 1. The molecule has 3 rings (SSSR count). The summed E-state index contributed by atoms with van der Waals surface area (Å²) in [5.41, 5.74) is 1.85. The van der Waals surface area contributed by atoms with Crippen LogP contribution in [0.2, 0.25) is 0 Å². The lowest BCUT2D eigenvalue weighted by molar-refractivity contribution is -0.119. The highest BCUT2D eigenvalue weighted by Crippen LogP contribution is 2.22. The first-order valence-corrected chi connectivity index (χ1v) is 8.30. The minimum Gasteiger partial charge on any atom is -0.429 e. The van der Waals surface area contributed by atoms with Gasteiger partial charge < -0.3 is 14.7 Å². The Kier molecular flexibility index (Phi) is 3.14. The molecule has 1 atom stereocenters. The molecule has 2 N–H and O–H groups in total. The van der Waals surface area contributed by atoms with Gasteiger partial charge >= 0.3 is 0 Å². The highest BCUT2D eigenvalue weighted by Gasteiger charge is 2.32. The largest absolute Gasteiger partial charge is 0.429 e. The maximum absolute atomic E-state index is 12.0. The summed E-state index contributed by atoms with van der Waals surface area (Å²) in [5, 5.41) is 2.71. The van der Waals surface area contributed by atoms with Gasteiger partial charge in [0, 0.05) is 11.8 Å².